The molecular weight excluding hydrogens is 277 g/mol. The van der Waals surface area contributed by atoms with Gasteiger partial charge in [0.2, 0.25) is 0 Å². The van der Waals surface area contributed by atoms with Gasteiger partial charge < -0.3 is 9.38 Å². The number of pyridine rings is 1. The normalized spacial score (nSPS) is 11.5. The number of hydrogen-bond donors (Lipinski definition) is 0. The van der Waals surface area contributed by atoms with E-state index < -0.39 is 0 Å². The van der Waals surface area contributed by atoms with E-state index in [-0.39, 0.29) is 5.95 Å². The van der Waals surface area contributed by atoms with Gasteiger partial charge in [0, 0.05) is 31.3 Å². The van der Waals surface area contributed by atoms with Gasteiger partial charge in [0.15, 0.2) is 12.7 Å². The molecule has 4 heteroatoms. The summed E-state index contributed by atoms with van der Waals surface area (Å²) in [4.78, 5) is 1.90. The molecule has 3 nitrogen and oxygen atoms in total. The smallest absolute Gasteiger partial charge is 0.361 e. The van der Waals surface area contributed by atoms with E-state index in [1.165, 1.54) is 5.56 Å². The predicted molar refractivity (Wildman–Crippen MR) is 88.2 cm³/mol. The Balaban J connectivity index is 2.11. The summed E-state index contributed by atoms with van der Waals surface area (Å²) in [6.45, 7) is 1.53. The van der Waals surface area contributed by atoms with Crippen LogP contribution in [0.5, 0.6) is 0 Å². The summed E-state index contributed by atoms with van der Waals surface area (Å²) >= 11 is 0. The van der Waals surface area contributed by atoms with Crippen molar-refractivity contribution >= 4 is 5.69 Å². The zero-order valence-electron chi connectivity index (χ0n) is 14.2. The number of benzene rings is 1. The topological polar surface area (TPSA) is 7.12 Å². The summed E-state index contributed by atoms with van der Waals surface area (Å²) in [7, 11) is 10.3. The third-order valence-electron chi connectivity index (χ3n) is 3.52. The summed E-state index contributed by atoms with van der Waals surface area (Å²) in [6.07, 6.45) is 1.80. The maximum atomic E-state index is 14.1. The molecule has 0 aliphatic rings. The Hall–Kier alpha value is -1.94. The third kappa shape index (κ3) is 4.53. The Bertz CT molecular complexity index is 628. The first-order chi connectivity index (χ1) is 10.2. The van der Waals surface area contributed by atoms with E-state index in [0.717, 1.165) is 22.3 Å². The highest BCUT2D eigenvalue weighted by atomic mass is 19.1. The quantitative estimate of drug-likeness (QED) is 0.467. The van der Waals surface area contributed by atoms with Crippen LogP contribution in [0, 0.1) is 5.95 Å². The summed E-state index contributed by atoms with van der Waals surface area (Å²) in [5.74, 6) is -0.221. The largest absolute Gasteiger partial charge is 0.377 e. The Morgan fingerprint density at radius 1 is 1.00 bits per heavy atom. The summed E-state index contributed by atoms with van der Waals surface area (Å²) < 4.78 is 16.7. The molecule has 2 aromatic rings. The SMILES string of the molecule is CN(C)c1cc[n+](Cc2ccc(C[N+](C)(C)C)cc2)c(F)c1. The van der Waals surface area contributed by atoms with Crippen LogP contribution in [0.25, 0.3) is 0 Å². The number of halogens is 1. The first kappa shape index (κ1) is 16.4. The highest BCUT2D eigenvalue weighted by molar-refractivity contribution is 5.41. The molecule has 0 saturated carbocycles. The van der Waals surface area contributed by atoms with Gasteiger partial charge in [0.05, 0.1) is 32.9 Å². The summed E-state index contributed by atoms with van der Waals surface area (Å²) in [5.41, 5.74) is 3.27. The van der Waals surface area contributed by atoms with Gasteiger partial charge in [-0.1, -0.05) is 24.3 Å². The number of nitrogens with zero attached hydrogens (tertiary/aromatic N) is 3. The third-order valence-corrected chi connectivity index (χ3v) is 3.52. The van der Waals surface area contributed by atoms with Gasteiger partial charge >= 0.3 is 5.95 Å². The Morgan fingerprint density at radius 3 is 2.09 bits per heavy atom. The van der Waals surface area contributed by atoms with Crippen molar-refractivity contribution in [2.45, 2.75) is 13.1 Å². The molecule has 0 aliphatic carbocycles. The fourth-order valence-corrected chi connectivity index (χ4v) is 2.39. The van der Waals surface area contributed by atoms with Gasteiger partial charge in [-0.25, -0.2) is 0 Å². The van der Waals surface area contributed by atoms with Crippen LogP contribution < -0.4 is 9.47 Å². The van der Waals surface area contributed by atoms with Gasteiger partial charge in [-0.15, -0.1) is 4.39 Å². The first-order valence-corrected chi connectivity index (χ1v) is 7.49. The predicted octanol–water partition coefficient (Wildman–Crippen LogP) is 2.43. The lowest BCUT2D eigenvalue weighted by Crippen LogP contribution is -2.38. The van der Waals surface area contributed by atoms with E-state index in [4.69, 9.17) is 0 Å². The number of anilines is 1. The molecule has 22 heavy (non-hydrogen) atoms. The minimum Gasteiger partial charge on any atom is -0.377 e. The van der Waals surface area contributed by atoms with Gasteiger partial charge in [-0.3, -0.25) is 0 Å². The lowest BCUT2D eigenvalue weighted by Gasteiger charge is -2.23. The van der Waals surface area contributed by atoms with E-state index in [0.29, 0.717) is 6.54 Å². The molecular formula is C18H26FN3+2. The van der Waals surface area contributed by atoms with E-state index in [9.17, 15) is 4.39 Å². The Labute approximate surface area is 132 Å². The molecule has 118 valence electrons. The number of hydrogen-bond acceptors (Lipinski definition) is 1. The van der Waals surface area contributed by atoms with Gasteiger partial charge in [-0.05, 0) is 0 Å². The zero-order chi connectivity index (χ0) is 16.3. The first-order valence-electron chi connectivity index (χ1n) is 7.49. The number of quaternary nitrogens is 1. The molecule has 0 amide bonds. The monoisotopic (exact) mass is 303 g/mol. The molecule has 1 aromatic carbocycles. The van der Waals surface area contributed by atoms with Crippen molar-refractivity contribution < 1.29 is 13.4 Å². The molecule has 0 aliphatic heterocycles. The van der Waals surface area contributed by atoms with Crippen molar-refractivity contribution in [3.05, 3.63) is 59.7 Å². The van der Waals surface area contributed by atoms with Gasteiger partial charge in [0.25, 0.3) is 0 Å². The second kappa shape index (κ2) is 6.44. The van der Waals surface area contributed by atoms with E-state index in [1.807, 2.05) is 25.1 Å². The van der Waals surface area contributed by atoms with Crippen molar-refractivity contribution in [2.75, 3.05) is 40.1 Å². The molecule has 2 rings (SSSR count). The van der Waals surface area contributed by atoms with Crippen LogP contribution in [0.1, 0.15) is 11.1 Å². The van der Waals surface area contributed by atoms with Crippen LogP contribution >= 0.6 is 0 Å². The molecule has 0 spiro atoms. The molecule has 0 saturated heterocycles. The molecule has 1 heterocycles. The van der Waals surface area contributed by atoms with Crippen molar-refractivity contribution in [1.82, 2.24) is 0 Å². The van der Waals surface area contributed by atoms with Gasteiger partial charge in [0.1, 0.15) is 6.54 Å². The van der Waals surface area contributed by atoms with E-state index in [2.05, 4.69) is 45.4 Å². The number of aromatic nitrogens is 1. The Kier molecular flexibility index (Phi) is 4.81. The van der Waals surface area contributed by atoms with E-state index >= 15 is 0 Å². The fourth-order valence-electron chi connectivity index (χ4n) is 2.39. The van der Waals surface area contributed by atoms with Crippen LogP contribution in [-0.2, 0) is 13.1 Å². The molecule has 1 aromatic heterocycles. The van der Waals surface area contributed by atoms with Crippen LogP contribution in [0.4, 0.5) is 10.1 Å². The van der Waals surface area contributed by atoms with Crippen molar-refractivity contribution in [2.24, 2.45) is 0 Å². The highest BCUT2D eigenvalue weighted by Crippen LogP contribution is 2.11. The van der Waals surface area contributed by atoms with Crippen molar-refractivity contribution in [3.63, 3.8) is 0 Å². The van der Waals surface area contributed by atoms with Crippen LogP contribution in [0.2, 0.25) is 0 Å². The summed E-state index contributed by atoms with van der Waals surface area (Å²) in [6, 6.07) is 11.9. The van der Waals surface area contributed by atoms with Gasteiger partial charge in [-0.2, -0.15) is 4.57 Å². The zero-order valence-corrected chi connectivity index (χ0v) is 14.2. The average Bonchev–Trinajstić information content (AvgIpc) is 2.41. The molecule has 0 radical (unpaired) electrons. The minimum absolute atomic E-state index is 0.221. The molecule has 0 atom stereocenters. The van der Waals surface area contributed by atoms with Crippen molar-refractivity contribution in [3.8, 4) is 0 Å². The summed E-state index contributed by atoms with van der Waals surface area (Å²) in [5, 5.41) is 0. The minimum atomic E-state index is -0.221. The van der Waals surface area contributed by atoms with Crippen LogP contribution in [0.15, 0.2) is 42.6 Å². The second-order valence-corrected chi connectivity index (χ2v) is 6.99. The Morgan fingerprint density at radius 2 is 1.59 bits per heavy atom. The highest BCUT2D eigenvalue weighted by Gasteiger charge is 2.13. The lowest BCUT2D eigenvalue weighted by atomic mass is 10.1. The number of rotatable bonds is 5. The van der Waals surface area contributed by atoms with Crippen LogP contribution in [-0.4, -0.2) is 39.7 Å². The molecule has 0 unspecified atom stereocenters. The molecule has 0 fully saturated rings. The van der Waals surface area contributed by atoms with Crippen LogP contribution in [0.3, 0.4) is 0 Å². The fraction of sp³-hybridized carbons (Fsp3) is 0.389. The maximum absolute atomic E-state index is 14.1. The second-order valence-electron chi connectivity index (χ2n) is 6.99. The molecule has 0 bridgehead atoms. The lowest BCUT2D eigenvalue weighted by molar-refractivity contribution is -0.884. The average molecular weight is 303 g/mol. The van der Waals surface area contributed by atoms with E-state index in [1.54, 1.807) is 16.8 Å². The van der Waals surface area contributed by atoms with Crippen molar-refractivity contribution in [1.29, 1.82) is 0 Å². The standard InChI is InChI=1S/C18H26FN3/c1-20(2)17-10-11-21(18(19)12-17)13-15-6-8-16(9-7-15)14-22(3,4)5/h6-12H,13-14H2,1-5H3/q+2. The molecule has 0 N–H and O–H groups in total. The maximum Gasteiger partial charge on any atom is 0.361 e.